The summed E-state index contributed by atoms with van der Waals surface area (Å²) in [6.45, 7) is 3.53. The average molecular weight is 348 g/mol. The Balaban J connectivity index is 1.55. The molecule has 7 nitrogen and oxygen atoms in total. The van der Waals surface area contributed by atoms with Crippen LogP contribution in [0.15, 0.2) is 35.7 Å². The van der Waals surface area contributed by atoms with Crippen molar-refractivity contribution in [1.82, 2.24) is 19.7 Å². The van der Waals surface area contributed by atoms with E-state index in [1.807, 2.05) is 38.2 Å². The van der Waals surface area contributed by atoms with Crippen LogP contribution in [0, 0.1) is 0 Å². The molecule has 128 valence electrons. The molecule has 8 heteroatoms. The molecule has 0 fully saturated rings. The number of ether oxygens (including phenoxy) is 2. The van der Waals surface area contributed by atoms with E-state index in [1.54, 1.807) is 15.8 Å². The van der Waals surface area contributed by atoms with Crippen molar-refractivity contribution in [1.29, 1.82) is 0 Å². The predicted octanol–water partition coefficient (Wildman–Crippen LogP) is 1.60. The molecule has 0 radical (unpaired) electrons. The van der Waals surface area contributed by atoms with E-state index < -0.39 is 0 Å². The highest BCUT2D eigenvalue weighted by molar-refractivity contribution is 7.99. The molecule has 1 aliphatic heterocycles. The minimum Gasteiger partial charge on any atom is -0.486 e. The van der Waals surface area contributed by atoms with Crippen molar-refractivity contribution in [2.24, 2.45) is 7.05 Å². The third-order valence-corrected chi connectivity index (χ3v) is 4.74. The van der Waals surface area contributed by atoms with Gasteiger partial charge in [0, 0.05) is 13.6 Å². The SMILES string of the molecule is CCN(C[C@@H]1COc2ccccc2O1)C(=O)CSc1nncn1C. The quantitative estimate of drug-likeness (QED) is 0.739. The van der Waals surface area contributed by atoms with Gasteiger partial charge in [0.15, 0.2) is 22.8 Å². The van der Waals surface area contributed by atoms with Crippen LogP contribution in [-0.2, 0) is 11.8 Å². The van der Waals surface area contributed by atoms with Gasteiger partial charge in [-0.1, -0.05) is 23.9 Å². The minimum atomic E-state index is -0.163. The lowest BCUT2D eigenvalue weighted by Crippen LogP contribution is -2.44. The predicted molar refractivity (Wildman–Crippen MR) is 90.3 cm³/mol. The van der Waals surface area contributed by atoms with Gasteiger partial charge in [0.05, 0.1) is 12.3 Å². The molecule has 0 spiro atoms. The molecule has 1 aliphatic rings. The molecular formula is C16H20N4O3S. The van der Waals surface area contributed by atoms with Gasteiger partial charge in [-0.2, -0.15) is 0 Å². The van der Waals surface area contributed by atoms with Crippen LogP contribution in [-0.4, -0.2) is 57.1 Å². The number of thioether (sulfide) groups is 1. The van der Waals surface area contributed by atoms with E-state index in [2.05, 4.69) is 10.2 Å². The molecule has 1 aromatic heterocycles. The van der Waals surface area contributed by atoms with Gasteiger partial charge in [0.25, 0.3) is 0 Å². The maximum Gasteiger partial charge on any atom is 0.233 e. The van der Waals surface area contributed by atoms with E-state index in [-0.39, 0.29) is 12.0 Å². The number of aryl methyl sites for hydroxylation is 1. The summed E-state index contributed by atoms with van der Waals surface area (Å²) >= 11 is 1.38. The fourth-order valence-corrected chi connectivity index (χ4v) is 3.22. The second-order valence-electron chi connectivity index (χ2n) is 5.44. The monoisotopic (exact) mass is 348 g/mol. The van der Waals surface area contributed by atoms with Gasteiger partial charge in [-0.05, 0) is 19.1 Å². The molecule has 1 amide bonds. The Bertz CT molecular complexity index is 706. The van der Waals surface area contributed by atoms with E-state index in [1.165, 1.54) is 11.8 Å². The van der Waals surface area contributed by atoms with Crippen molar-refractivity contribution in [2.75, 3.05) is 25.4 Å². The second-order valence-corrected chi connectivity index (χ2v) is 6.39. The molecule has 1 atom stereocenters. The standard InChI is InChI=1S/C16H20N4O3S/c1-3-20(15(21)10-24-16-18-17-11-19(16)2)8-12-9-22-13-6-4-5-7-14(13)23-12/h4-7,11-12H,3,8-10H2,1-2H3/t12-/m1/s1. The van der Waals surface area contributed by atoms with Gasteiger partial charge in [0.2, 0.25) is 5.91 Å². The lowest BCUT2D eigenvalue weighted by atomic mass is 10.2. The van der Waals surface area contributed by atoms with Crippen LogP contribution in [0.1, 0.15) is 6.92 Å². The number of amides is 1. The molecule has 3 rings (SSSR count). The van der Waals surface area contributed by atoms with Crippen molar-refractivity contribution in [2.45, 2.75) is 18.2 Å². The van der Waals surface area contributed by atoms with Gasteiger partial charge in [0.1, 0.15) is 12.9 Å². The molecule has 0 bridgehead atoms. The molecule has 24 heavy (non-hydrogen) atoms. The van der Waals surface area contributed by atoms with Crippen LogP contribution in [0.3, 0.4) is 0 Å². The molecule has 0 N–H and O–H groups in total. The van der Waals surface area contributed by atoms with Gasteiger partial charge in [-0.3, -0.25) is 4.79 Å². The Morgan fingerprint density at radius 2 is 2.21 bits per heavy atom. The van der Waals surface area contributed by atoms with Crippen molar-refractivity contribution >= 4 is 17.7 Å². The first-order chi connectivity index (χ1) is 11.7. The van der Waals surface area contributed by atoms with Gasteiger partial charge in [-0.15, -0.1) is 10.2 Å². The molecule has 0 saturated carbocycles. The van der Waals surface area contributed by atoms with Crippen LogP contribution < -0.4 is 9.47 Å². The summed E-state index contributed by atoms with van der Waals surface area (Å²) in [5, 5.41) is 8.51. The van der Waals surface area contributed by atoms with E-state index >= 15 is 0 Å². The van der Waals surface area contributed by atoms with Crippen molar-refractivity contribution in [3.63, 3.8) is 0 Å². The Hall–Kier alpha value is -2.22. The van der Waals surface area contributed by atoms with Crippen LogP contribution in [0.5, 0.6) is 11.5 Å². The Morgan fingerprint density at radius 1 is 1.42 bits per heavy atom. The normalized spacial score (nSPS) is 16.0. The number of hydrogen-bond acceptors (Lipinski definition) is 6. The molecule has 1 aromatic carbocycles. The maximum absolute atomic E-state index is 12.5. The average Bonchev–Trinajstić information content (AvgIpc) is 3.02. The molecule has 2 heterocycles. The van der Waals surface area contributed by atoms with E-state index in [0.717, 1.165) is 16.7 Å². The summed E-state index contributed by atoms with van der Waals surface area (Å²) in [5.74, 6) is 1.85. The Morgan fingerprint density at radius 3 is 2.92 bits per heavy atom. The third kappa shape index (κ3) is 3.81. The zero-order valence-electron chi connectivity index (χ0n) is 13.7. The fraction of sp³-hybridized carbons (Fsp3) is 0.438. The van der Waals surface area contributed by atoms with Crippen molar-refractivity contribution < 1.29 is 14.3 Å². The Labute approximate surface area is 145 Å². The number of aromatic nitrogens is 3. The lowest BCUT2D eigenvalue weighted by Gasteiger charge is -2.30. The number of nitrogens with zero attached hydrogens (tertiary/aromatic N) is 4. The van der Waals surface area contributed by atoms with Crippen LogP contribution in [0.25, 0.3) is 0 Å². The first kappa shape index (κ1) is 16.6. The number of carbonyl (C=O) groups is 1. The van der Waals surface area contributed by atoms with Gasteiger partial charge in [-0.25, -0.2) is 0 Å². The highest BCUT2D eigenvalue weighted by atomic mass is 32.2. The zero-order chi connectivity index (χ0) is 16.9. The molecule has 0 unspecified atom stereocenters. The number of hydrogen-bond donors (Lipinski definition) is 0. The first-order valence-electron chi connectivity index (χ1n) is 7.80. The summed E-state index contributed by atoms with van der Waals surface area (Å²) < 4.78 is 13.4. The number of fused-ring (bicyclic) bond motifs is 1. The van der Waals surface area contributed by atoms with Crippen LogP contribution in [0.2, 0.25) is 0 Å². The smallest absolute Gasteiger partial charge is 0.233 e. The van der Waals surface area contributed by atoms with Crippen molar-refractivity contribution in [3.8, 4) is 11.5 Å². The summed E-state index contributed by atoms with van der Waals surface area (Å²) in [4.78, 5) is 14.2. The summed E-state index contributed by atoms with van der Waals surface area (Å²) in [6, 6.07) is 7.58. The molecule has 0 saturated heterocycles. The molecule has 0 aliphatic carbocycles. The number of benzene rings is 1. The lowest BCUT2D eigenvalue weighted by molar-refractivity contribution is -0.129. The summed E-state index contributed by atoms with van der Waals surface area (Å²) in [7, 11) is 1.86. The largest absolute Gasteiger partial charge is 0.486 e. The number of carbonyl (C=O) groups excluding carboxylic acids is 1. The number of para-hydroxylation sites is 2. The first-order valence-corrected chi connectivity index (χ1v) is 8.79. The fourth-order valence-electron chi connectivity index (χ4n) is 2.43. The van der Waals surface area contributed by atoms with E-state index in [0.29, 0.717) is 25.4 Å². The third-order valence-electron chi connectivity index (χ3n) is 3.72. The van der Waals surface area contributed by atoms with E-state index in [4.69, 9.17) is 9.47 Å². The summed E-state index contributed by atoms with van der Waals surface area (Å²) in [5.41, 5.74) is 0. The zero-order valence-corrected chi connectivity index (χ0v) is 14.5. The summed E-state index contributed by atoms with van der Waals surface area (Å²) in [6.07, 6.45) is 1.46. The van der Waals surface area contributed by atoms with Crippen molar-refractivity contribution in [3.05, 3.63) is 30.6 Å². The molecular weight excluding hydrogens is 328 g/mol. The van der Waals surface area contributed by atoms with Crippen LogP contribution >= 0.6 is 11.8 Å². The highest BCUT2D eigenvalue weighted by Gasteiger charge is 2.24. The number of rotatable bonds is 6. The van der Waals surface area contributed by atoms with Gasteiger partial charge >= 0.3 is 0 Å². The second kappa shape index (κ2) is 7.57. The minimum absolute atomic E-state index is 0.0490. The topological polar surface area (TPSA) is 69.5 Å². The highest BCUT2D eigenvalue weighted by Crippen LogP contribution is 2.31. The van der Waals surface area contributed by atoms with Gasteiger partial charge < -0.3 is 18.9 Å². The number of likely N-dealkylation sites (N-methyl/N-ethyl adjacent to an activating group) is 1. The van der Waals surface area contributed by atoms with Crippen LogP contribution in [0.4, 0.5) is 0 Å². The molecule has 2 aromatic rings. The van der Waals surface area contributed by atoms with E-state index in [9.17, 15) is 4.79 Å². The maximum atomic E-state index is 12.5. The Kier molecular flexibility index (Phi) is 5.24.